The molecule has 1 heterocycles. The van der Waals surface area contributed by atoms with Crippen molar-refractivity contribution >= 4 is 16.7 Å². The van der Waals surface area contributed by atoms with Gasteiger partial charge in [0.1, 0.15) is 18.2 Å². The van der Waals surface area contributed by atoms with Crippen LogP contribution in [0.1, 0.15) is 11.1 Å². The number of hydrogen-bond acceptors (Lipinski definition) is 4. The van der Waals surface area contributed by atoms with E-state index in [1.807, 2.05) is 61.5 Å². The number of para-hydroxylation sites is 1. The second-order valence-corrected chi connectivity index (χ2v) is 4.94. The molecule has 0 saturated heterocycles. The van der Waals surface area contributed by atoms with Crippen LogP contribution in [0.3, 0.4) is 0 Å². The van der Waals surface area contributed by atoms with E-state index in [1.165, 1.54) is 5.56 Å². The van der Waals surface area contributed by atoms with Crippen LogP contribution in [0, 0.1) is 6.92 Å². The van der Waals surface area contributed by atoms with Crippen molar-refractivity contribution in [2.24, 2.45) is 5.84 Å². The molecule has 0 radical (unpaired) electrons. The Morgan fingerprint density at radius 2 is 1.95 bits per heavy atom. The summed E-state index contributed by atoms with van der Waals surface area (Å²) in [5.41, 5.74) is 5.65. The van der Waals surface area contributed by atoms with Crippen molar-refractivity contribution in [1.29, 1.82) is 0 Å². The number of hydrazine groups is 1. The van der Waals surface area contributed by atoms with Gasteiger partial charge in [-0.15, -0.1) is 0 Å². The summed E-state index contributed by atoms with van der Waals surface area (Å²) in [6, 6.07) is 17.9. The molecule has 0 fully saturated rings. The molecule has 0 aliphatic rings. The fourth-order valence-corrected chi connectivity index (χ4v) is 2.26. The van der Waals surface area contributed by atoms with Crippen molar-refractivity contribution in [1.82, 2.24) is 4.98 Å². The molecule has 3 N–H and O–H groups in total. The first-order chi connectivity index (χ1) is 10.3. The first kappa shape index (κ1) is 13.4. The van der Waals surface area contributed by atoms with Crippen molar-refractivity contribution in [2.75, 3.05) is 5.43 Å². The quantitative estimate of drug-likeness (QED) is 0.567. The van der Waals surface area contributed by atoms with Crippen molar-refractivity contribution in [2.45, 2.75) is 13.5 Å². The van der Waals surface area contributed by atoms with Gasteiger partial charge in [-0.1, -0.05) is 30.3 Å². The molecule has 0 aliphatic heterocycles. The second-order valence-electron chi connectivity index (χ2n) is 4.94. The molecule has 0 amide bonds. The smallest absolute Gasteiger partial charge is 0.147 e. The largest absolute Gasteiger partial charge is 0.489 e. The van der Waals surface area contributed by atoms with Crippen LogP contribution in [0.2, 0.25) is 0 Å². The van der Waals surface area contributed by atoms with Gasteiger partial charge in [0.2, 0.25) is 0 Å². The lowest BCUT2D eigenvalue weighted by Gasteiger charge is -2.11. The average Bonchev–Trinajstić information content (AvgIpc) is 2.52. The van der Waals surface area contributed by atoms with Gasteiger partial charge in [0.15, 0.2) is 0 Å². The van der Waals surface area contributed by atoms with E-state index in [4.69, 9.17) is 10.6 Å². The Bertz CT molecular complexity index is 771. The maximum Gasteiger partial charge on any atom is 0.147 e. The molecule has 4 heteroatoms. The summed E-state index contributed by atoms with van der Waals surface area (Å²) in [6.45, 7) is 2.46. The average molecular weight is 279 g/mol. The van der Waals surface area contributed by atoms with Crippen LogP contribution >= 0.6 is 0 Å². The zero-order valence-corrected chi connectivity index (χ0v) is 11.8. The summed E-state index contributed by atoms with van der Waals surface area (Å²) in [4.78, 5) is 4.51. The molecule has 0 aliphatic carbocycles. The fourth-order valence-electron chi connectivity index (χ4n) is 2.26. The zero-order chi connectivity index (χ0) is 14.7. The van der Waals surface area contributed by atoms with Crippen molar-refractivity contribution in [3.05, 3.63) is 65.7 Å². The summed E-state index contributed by atoms with van der Waals surface area (Å²) in [7, 11) is 0. The van der Waals surface area contributed by atoms with E-state index in [2.05, 4.69) is 10.4 Å². The monoisotopic (exact) mass is 279 g/mol. The Kier molecular flexibility index (Phi) is 3.71. The lowest BCUT2D eigenvalue weighted by atomic mass is 10.1. The molecule has 21 heavy (non-hydrogen) atoms. The summed E-state index contributed by atoms with van der Waals surface area (Å²) >= 11 is 0. The van der Waals surface area contributed by atoms with Crippen molar-refractivity contribution < 1.29 is 4.74 Å². The van der Waals surface area contributed by atoms with Crippen LogP contribution in [0.15, 0.2) is 54.6 Å². The number of nitrogens with one attached hydrogen (secondary N) is 1. The zero-order valence-electron chi connectivity index (χ0n) is 11.8. The predicted octanol–water partition coefficient (Wildman–Crippen LogP) is 3.41. The third kappa shape index (κ3) is 2.95. The Balaban J connectivity index is 1.88. The minimum Gasteiger partial charge on any atom is -0.489 e. The number of fused-ring (bicyclic) bond motifs is 1. The number of rotatable bonds is 4. The van der Waals surface area contributed by atoms with Gasteiger partial charge in [-0.2, -0.15) is 0 Å². The Morgan fingerprint density at radius 3 is 2.76 bits per heavy atom. The number of benzene rings is 2. The van der Waals surface area contributed by atoms with Crippen LogP contribution in [0.25, 0.3) is 10.9 Å². The molecule has 2 aromatic carbocycles. The van der Waals surface area contributed by atoms with E-state index >= 15 is 0 Å². The summed E-state index contributed by atoms with van der Waals surface area (Å²) in [6.07, 6.45) is 0. The molecule has 0 unspecified atom stereocenters. The molecule has 0 spiro atoms. The number of aryl methyl sites for hydroxylation is 1. The number of nitrogens with zero attached hydrogens (tertiary/aromatic N) is 1. The lowest BCUT2D eigenvalue weighted by Crippen LogP contribution is -2.12. The van der Waals surface area contributed by atoms with Crippen LogP contribution in [-0.2, 0) is 6.61 Å². The first-order valence-electron chi connectivity index (χ1n) is 6.81. The van der Waals surface area contributed by atoms with E-state index in [0.29, 0.717) is 12.4 Å². The van der Waals surface area contributed by atoms with Crippen LogP contribution < -0.4 is 16.0 Å². The SMILES string of the molecule is Cc1cccc(OCc2cc3ccccc3nc2NN)c1. The number of anilines is 1. The Morgan fingerprint density at radius 1 is 1.10 bits per heavy atom. The third-order valence-corrected chi connectivity index (χ3v) is 3.32. The molecule has 3 rings (SSSR count). The van der Waals surface area contributed by atoms with Crippen LogP contribution in [0.5, 0.6) is 5.75 Å². The van der Waals surface area contributed by atoms with Gasteiger partial charge in [0, 0.05) is 10.9 Å². The van der Waals surface area contributed by atoms with E-state index < -0.39 is 0 Å². The highest BCUT2D eigenvalue weighted by molar-refractivity contribution is 5.81. The minimum atomic E-state index is 0.417. The second kappa shape index (κ2) is 5.81. The number of nitrogen functional groups attached to an aromatic ring is 1. The Hall–Kier alpha value is -2.59. The molecule has 106 valence electrons. The Labute approximate surface area is 123 Å². The van der Waals surface area contributed by atoms with E-state index in [0.717, 1.165) is 22.2 Å². The number of ether oxygens (including phenoxy) is 1. The van der Waals surface area contributed by atoms with E-state index in [-0.39, 0.29) is 0 Å². The molecule has 3 aromatic rings. The third-order valence-electron chi connectivity index (χ3n) is 3.32. The predicted molar refractivity (Wildman–Crippen MR) is 85.1 cm³/mol. The standard InChI is InChI=1S/C17H17N3O/c1-12-5-4-7-15(9-12)21-11-14-10-13-6-2-3-8-16(13)19-17(14)20-18/h2-10H,11,18H2,1H3,(H,19,20). The fraction of sp³-hybridized carbons (Fsp3) is 0.118. The number of pyridine rings is 1. The first-order valence-corrected chi connectivity index (χ1v) is 6.81. The van der Waals surface area contributed by atoms with Gasteiger partial charge in [-0.25, -0.2) is 10.8 Å². The van der Waals surface area contributed by atoms with Crippen LogP contribution in [-0.4, -0.2) is 4.98 Å². The highest BCUT2D eigenvalue weighted by atomic mass is 16.5. The highest BCUT2D eigenvalue weighted by Crippen LogP contribution is 2.22. The number of nitrogens with two attached hydrogens (primary N) is 1. The summed E-state index contributed by atoms with van der Waals surface area (Å²) in [5.74, 6) is 7.05. The van der Waals surface area contributed by atoms with Crippen LogP contribution in [0.4, 0.5) is 5.82 Å². The molecule has 0 bridgehead atoms. The summed E-state index contributed by atoms with van der Waals surface area (Å²) < 4.78 is 5.83. The van der Waals surface area contributed by atoms with E-state index in [1.54, 1.807) is 0 Å². The maximum atomic E-state index is 5.83. The summed E-state index contributed by atoms with van der Waals surface area (Å²) in [5, 5.41) is 1.07. The van der Waals surface area contributed by atoms with Gasteiger partial charge >= 0.3 is 0 Å². The molecule has 4 nitrogen and oxygen atoms in total. The molecular formula is C17H17N3O. The molecule has 0 saturated carbocycles. The minimum absolute atomic E-state index is 0.417. The van der Waals surface area contributed by atoms with Gasteiger partial charge in [0.05, 0.1) is 5.52 Å². The molecule has 0 atom stereocenters. The van der Waals surface area contributed by atoms with Gasteiger partial charge in [0.25, 0.3) is 0 Å². The van der Waals surface area contributed by atoms with Gasteiger partial charge < -0.3 is 10.2 Å². The topological polar surface area (TPSA) is 60.2 Å². The van der Waals surface area contributed by atoms with Crippen molar-refractivity contribution in [3.63, 3.8) is 0 Å². The van der Waals surface area contributed by atoms with E-state index in [9.17, 15) is 0 Å². The maximum absolute atomic E-state index is 5.83. The van der Waals surface area contributed by atoms with Gasteiger partial charge in [-0.05, 0) is 36.8 Å². The van der Waals surface area contributed by atoms with Gasteiger partial charge in [-0.3, -0.25) is 0 Å². The highest BCUT2D eigenvalue weighted by Gasteiger charge is 2.07. The molecule has 1 aromatic heterocycles. The normalized spacial score (nSPS) is 10.6. The lowest BCUT2D eigenvalue weighted by molar-refractivity contribution is 0.306. The molecular weight excluding hydrogens is 262 g/mol. The number of aromatic nitrogens is 1. The number of hydrogen-bond donors (Lipinski definition) is 2. The van der Waals surface area contributed by atoms with Crippen molar-refractivity contribution in [3.8, 4) is 5.75 Å².